The molecule has 0 N–H and O–H groups in total. The number of hydrogen-bond donors (Lipinski definition) is 0. The summed E-state index contributed by atoms with van der Waals surface area (Å²) < 4.78 is 5.07. The lowest BCUT2D eigenvalue weighted by molar-refractivity contribution is -0.148. The fraction of sp³-hybridized carbons (Fsp3) is 0.917. The van der Waals surface area contributed by atoms with Gasteiger partial charge in [0.15, 0.2) is 0 Å². The molecule has 0 radical (unpaired) electrons. The first-order valence-electron chi connectivity index (χ1n) is 5.90. The zero-order valence-corrected chi connectivity index (χ0v) is 9.42. The highest BCUT2D eigenvalue weighted by atomic mass is 16.5. The predicted molar refractivity (Wildman–Crippen MR) is 57.0 cm³/mol. The van der Waals surface area contributed by atoms with Crippen LogP contribution in [0, 0.1) is 11.8 Å². The van der Waals surface area contributed by atoms with Crippen LogP contribution in [-0.4, -0.2) is 12.6 Å². The number of carbonyl (C=O) groups excluding carboxylic acids is 1. The number of carbonyl (C=O) groups is 1. The SMILES string of the molecule is CCOC(=O)C1CCCCC(C)CC1. The molecule has 0 aromatic heterocycles. The Morgan fingerprint density at radius 2 is 1.93 bits per heavy atom. The van der Waals surface area contributed by atoms with Crippen molar-refractivity contribution in [2.75, 3.05) is 6.61 Å². The molecule has 0 aromatic carbocycles. The molecule has 1 saturated carbocycles. The van der Waals surface area contributed by atoms with Crippen molar-refractivity contribution in [2.45, 2.75) is 52.4 Å². The number of esters is 1. The zero-order chi connectivity index (χ0) is 10.4. The van der Waals surface area contributed by atoms with Gasteiger partial charge in [-0.25, -0.2) is 0 Å². The summed E-state index contributed by atoms with van der Waals surface area (Å²) in [6.45, 7) is 4.68. The van der Waals surface area contributed by atoms with Gasteiger partial charge in [0.1, 0.15) is 0 Å². The topological polar surface area (TPSA) is 26.3 Å². The maximum atomic E-state index is 11.5. The van der Waals surface area contributed by atoms with Crippen LogP contribution in [-0.2, 0) is 9.53 Å². The van der Waals surface area contributed by atoms with E-state index in [1.165, 1.54) is 25.7 Å². The Morgan fingerprint density at radius 3 is 2.64 bits per heavy atom. The summed E-state index contributed by atoms with van der Waals surface area (Å²) in [6, 6.07) is 0. The van der Waals surface area contributed by atoms with Gasteiger partial charge in [-0.05, 0) is 32.1 Å². The minimum Gasteiger partial charge on any atom is -0.466 e. The van der Waals surface area contributed by atoms with E-state index in [0.29, 0.717) is 6.61 Å². The van der Waals surface area contributed by atoms with Crippen LogP contribution in [0.15, 0.2) is 0 Å². The second-order valence-corrected chi connectivity index (χ2v) is 4.42. The van der Waals surface area contributed by atoms with Gasteiger partial charge in [0, 0.05) is 0 Å². The first-order valence-corrected chi connectivity index (χ1v) is 5.90. The fourth-order valence-electron chi connectivity index (χ4n) is 2.15. The van der Waals surface area contributed by atoms with E-state index in [-0.39, 0.29) is 11.9 Å². The first kappa shape index (κ1) is 11.5. The molecule has 2 nitrogen and oxygen atoms in total. The van der Waals surface area contributed by atoms with Crippen molar-refractivity contribution in [3.05, 3.63) is 0 Å². The second-order valence-electron chi connectivity index (χ2n) is 4.42. The van der Waals surface area contributed by atoms with E-state index in [2.05, 4.69) is 6.92 Å². The second kappa shape index (κ2) is 6.05. The maximum absolute atomic E-state index is 11.5. The average molecular weight is 198 g/mol. The van der Waals surface area contributed by atoms with Crippen LogP contribution < -0.4 is 0 Å². The Bertz CT molecular complexity index is 177. The summed E-state index contributed by atoms with van der Waals surface area (Å²) in [7, 11) is 0. The monoisotopic (exact) mass is 198 g/mol. The molecule has 1 rings (SSSR count). The van der Waals surface area contributed by atoms with Crippen LogP contribution in [0.4, 0.5) is 0 Å². The van der Waals surface area contributed by atoms with Crippen LogP contribution in [0.25, 0.3) is 0 Å². The lowest BCUT2D eigenvalue weighted by atomic mass is 9.86. The molecule has 0 amide bonds. The molecule has 1 aliphatic carbocycles. The number of hydrogen-bond acceptors (Lipinski definition) is 2. The van der Waals surface area contributed by atoms with Crippen LogP contribution in [0.1, 0.15) is 52.4 Å². The van der Waals surface area contributed by atoms with E-state index >= 15 is 0 Å². The fourth-order valence-corrected chi connectivity index (χ4v) is 2.15. The van der Waals surface area contributed by atoms with E-state index in [0.717, 1.165) is 18.8 Å². The van der Waals surface area contributed by atoms with Crippen molar-refractivity contribution in [2.24, 2.45) is 11.8 Å². The Hall–Kier alpha value is -0.530. The molecule has 0 spiro atoms. The molecular weight excluding hydrogens is 176 g/mol. The lowest BCUT2D eigenvalue weighted by Gasteiger charge is -2.21. The standard InChI is InChI=1S/C12H22O2/c1-3-14-12(13)11-7-5-4-6-10(2)8-9-11/h10-11H,3-9H2,1-2H3. The predicted octanol–water partition coefficient (Wildman–Crippen LogP) is 3.16. The molecule has 0 bridgehead atoms. The molecule has 0 saturated heterocycles. The molecule has 0 aromatic rings. The summed E-state index contributed by atoms with van der Waals surface area (Å²) in [6.07, 6.45) is 7.04. The van der Waals surface area contributed by atoms with Crippen LogP contribution in [0.3, 0.4) is 0 Å². The Morgan fingerprint density at radius 1 is 1.21 bits per heavy atom. The van der Waals surface area contributed by atoms with Crippen LogP contribution in [0.2, 0.25) is 0 Å². The highest BCUT2D eigenvalue weighted by molar-refractivity contribution is 5.72. The van der Waals surface area contributed by atoms with E-state index < -0.39 is 0 Å². The van der Waals surface area contributed by atoms with Gasteiger partial charge >= 0.3 is 5.97 Å². The van der Waals surface area contributed by atoms with Gasteiger partial charge in [-0.1, -0.05) is 26.2 Å². The van der Waals surface area contributed by atoms with Gasteiger partial charge in [-0.3, -0.25) is 4.79 Å². The van der Waals surface area contributed by atoms with Crippen LogP contribution in [0.5, 0.6) is 0 Å². The summed E-state index contributed by atoms with van der Waals surface area (Å²) in [4.78, 5) is 11.5. The van der Waals surface area contributed by atoms with E-state index in [1.54, 1.807) is 0 Å². The van der Waals surface area contributed by atoms with Crippen molar-refractivity contribution in [1.82, 2.24) is 0 Å². The minimum atomic E-state index is 0.0293. The molecular formula is C12H22O2. The molecule has 2 unspecified atom stereocenters. The van der Waals surface area contributed by atoms with Crippen molar-refractivity contribution in [3.8, 4) is 0 Å². The highest BCUT2D eigenvalue weighted by Gasteiger charge is 2.21. The molecule has 0 aliphatic heterocycles. The highest BCUT2D eigenvalue weighted by Crippen LogP contribution is 2.26. The zero-order valence-electron chi connectivity index (χ0n) is 9.42. The number of ether oxygens (including phenoxy) is 1. The van der Waals surface area contributed by atoms with Gasteiger partial charge < -0.3 is 4.74 Å². The lowest BCUT2D eigenvalue weighted by Crippen LogP contribution is -2.20. The number of rotatable bonds is 2. The first-order chi connectivity index (χ1) is 6.74. The van der Waals surface area contributed by atoms with Gasteiger partial charge in [0.25, 0.3) is 0 Å². The van der Waals surface area contributed by atoms with Crippen molar-refractivity contribution in [3.63, 3.8) is 0 Å². The normalized spacial score (nSPS) is 29.0. The molecule has 1 fully saturated rings. The van der Waals surface area contributed by atoms with Crippen molar-refractivity contribution in [1.29, 1.82) is 0 Å². The van der Waals surface area contributed by atoms with E-state index in [9.17, 15) is 4.79 Å². The van der Waals surface area contributed by atoms with Gasteiger partial charge in [0.2, 0.25) is 0 Å². The Kier molecular flexibility index (Phi) is 4.99. The third-order valence-electron chi connectivity index (χ3n) is 3.13. The smallest absolute Gasteiger partial charge is 0.308 e. The van der Waals surface area contributed by atoms with E-state index in [4.69, 9.17) is 4.74 Å². The summed E-state index contributed by atoms with van der Waals surface area (Å²) in [5.74, 6) is 0.992. The minimum absolute atomic E-state index is 0.0293. The van der Waals surface area contributed by atoms with E-state index in [1.807, 2.05) is 6.92 Å². The summed E-state index contributed by atoms with van der Waals surface area (Å²) >= 11 is 0. The average Bonchev–Trinajstić information content (AvgIpc) is 2.12. The largest absolute Gasteiger partial charge is 0.466 e. The molecule has 2 atom stereocenters. The van der Waals surface area contributed by atoms with Crippen molar-refractivity contribution < 1.29 is 9.53 Å². The molecule has 1 aliphatic rings. The summed E-state index contributed by atoms with van der Waals surface area (Å²) in [5.41, 5.74) is 0. The van der Waals surface area contributed by atoms with Crippen molar-refractivity contribution >= 4 is 5.97 Å². The van der Waals surface area contributed by atoms with Gasteiger partial charge in [-0.15, -0.1) is 0 Å². The Labute approximate surface area is 87.0 Å². The third kappa shape index (κ3) is 3.69. The van der Waals surface area contributed by atoms with Crippen LogP contribution >= 0.6 is 0 Å². The van der Waals surface area contributed by atoms with Gasteiger partial charge in [0.05, 0.1) is 12.5 Å². The third-order valence-corrected chi connectivity index (χ3v) is 3.13. The summed E-state index contributed by atoms with van der Waals surface area (Å²) in [5, 5.41) is 0. The molecule has 82 valence electrons. The van der Waals surface area contributed by atoms with Gasteiger partial charge in [-0.2, -0.15) is 0 Å². The molecule has 2 heteroatoms. The maximum Gasteiger partial charge on any atom is 0.308 e. The quantitative estimate of drug-likeness (QED) is 0.637. The molecule has 14 heavy (non-hydrogen) atoms. The molecule has 0 heterocycles. The Balaban J connectivity index is 2.38.